The van der Waals surface area contributed by atoms with Crippen molar-refractivity contribution in [1.29, 1.82) is 0 Å². The smallest absolute Gasteiger partial charge is 0.311 e. The Morgan fingerprint density at radius 2 is 1.73 bits per heavy atom. The molecular formula is C18H17F2N3O6S. The van der Waals surface area contributed by atoms with E-state index in [1.165, 1.54) is 17.0 Å². The molecule has 0 radical (unpaired) electrons. The monoisotopic (exact) mass is 441 g/mol. The number of amides is 1. The van der Waals surface area contributed by atoms with Crippen molar-refractivity contribution in [3.63, 3.8) is 0 Å². The molecule has 0 aromatic heterocycles. The zero-order valence-corrected chi connectivity index (χ0v) is 16.3. The fourth-order valence-corrected chi connectivity index (χ4v) is 4.39. The largest absolute Gasteiger partial charge is 0.477 e. The van der Waals surface area contributed by atoms with E-state index in [9.17, 15) is 32.1 Å². The van der Waals surface area contributed by atoms with Crippen LogP contribution in [0, 0.1) is 21.7 Å². The van der Waals surface area contributed by atoms with Gasteiger partial charge in [0.1, 0.15) is 11.6 Å². The first-order valence-corrected chi connectivity index (χ1v) is 10.2. The van der Waals surface area contributed by atoms with Crippen LogP contribution in [-0.2, 0) is 14.8 Å². The zero-order chi connectivity index (χ0) is 21.9. The molecule has 1 fully saturated rings. The second kappa shape index (κ2) is 8.71. The molecule has 0 atom stereocenters. The molecular weight excluding hydrogens is 424 g/mol. The van der Waals surface area contributed by atoms with Crippen molar-refractivity contribution < 1.29 is 31.7 Å². The number of hydrogen-bond acceptors (Lipinski definition) is 6. The summed E-state index contributed by atoms with van der Waals surface area (Å²) >= 11 is 0. The van der Waals surface area contributed by atoms with Gasteiger partial charge in [0.25, 0.3) is 5.91 Å². The lowest BCUT2D eigenvalue weighted by atomic mass is 10.3. The quantitative estimate of drug-likeness (QED) is 0.499. The minimum atomic E-state index is -3.90. The third-order valence-electron chi connectivity index (χ3n) is 4.49. The van der Waals surface area contributed by atoms with Gasteiger partial charge in [0.15, 0.2) is 6.61 Å². The lowest BCUT2D eigenvalue weighted by Gasteiger charge is -2.33. The van der Waals surface area contributed by atoms with Crippen molar-refractivity contribution in [3.05, 3.63) is 64.2 Å². The van der Waals surface area contributed by atoms with Crippen LogP contribution in [0.3, 0.4) is 0 Å². The number of nitro benzene ring substituents is 1. The van der Waals surface area contributed by atoms with Gasteiger partial charge in [-0.3, -0.25) is 14.9 Å². The molecule has 9 nitrogen and oxygen atoms in total. The fourth-order valence-electron chi connectivity index (χ4n) is 2.94. The van der Waals surface area contributed by atoms with E-state index in [1.54, 1.807) is 0 Å². The Morgan fingerprint density at radius 1 is 1.07 bits per heavy atom. The summed E-state index contributed by atoms with van der Waals surface area (Å²) in [6, 6.07) is 7.30. The number of rotatable bonds is 6. The predicted octanol–water partition coefficient (Wildman–Crippen LogP) is 1.78. The van der Waals surface area contributed by atoms with Crippen molar-refractivity contribution >= 4 is 21.6 Å². The molecule has 1 amide bonds. The number of benzene rings is 2. The number of hydrogen-bond donors (Lipinski definition) is 0. The Morgan fingerprint density at radius 3 is 2.37 bits per heavy atom. The van der Waals surface area contributed by atoms with Crippen molar-refractivity contribution in [3.8, 4) is 5.75 Å². The Hall–Kier alpha value is -3.12. The maximum absolute atomic E-state index is 13.3. The van der Waals surface area contributed by atoms with Gasteiger partial charge >= 0.3 is 5.69 Å². The molecule has 2 aromatic rings. The Kier molecular flexibility index (Phi) is 6.27. The summed E-state index contributed by atoms with van der Waals surface area (Å²) in [5, 5.41) is 11.0. The first-order valence-electron chi connectivity index (χ1n) is 8.79. The second-order valence-electron chi connectivity index (χ2n) is 6.40. The van der Waals surface area contributed by atoms with Gasteiger partial charge in [-0.25, -0.2) is 17.2 Å². The van der Waals surface area contributed by atoms with Crippen LogP contribution in [0.1, 0.15) is 0 Å². The molecule has 2 aromatic carbocycles. The molecule has 12 heteroatoms. The summed E-state index contributed by atoms with van der Waals surface area (Å²) in [5.74, 6) is -2.33. The highest BCUT2D eigenvalue weighted by atomic mass is 32.2. The van der Waals surface area contributed by atoms with Gasteiger partial charge in [-0.15, -0.1) is 0 Å². The number of sulfonamides is 1. The highest BCUT2D eigenvalue weighted by Gasteiger charge is 2.30. The van der Waals surface area contributed by atoms with Crippen LogP contribution in [0.15, 0.2) is 47.4 Å². The van der Waals surface area contributed by atoms with Crippen LogP contribution < -0.4 is 4.74 Å². The summed E-state index contributed by atoms with van der Waals surface area (Å²) in [6.07, 6.45) is 0. The molecule has 160 valence electrons. The van der Waals surface area contributed by atoms with E-state index in [2.05, 4.69) is 0 Å². The van der Waals surface area contributed by atoms with E-state index in [0.29, 0.717) is 0 Å². The number of ether oxygens (including phenoxy) is 1. The van der Waals surface area contributed by atoms with Gasteiger partial charge in [0, 0.05) is 38.3 Å². The number of nitro groups is 1. The van der Waals surface area contributed by atoms with Gasteiger partial charge in [-0.2, -0.15) is 4.31 Å². The fraction of sp³-hybridized carbons (Fsp3) is 0.278. The van der Waals surface area contributed by atoms with Crippen LogP contribution in [0.4, 0.5) is 14.5 Å². The van der Waals surface area contributed by atoms with Crippen LogP contribution in [0.25, 0.3) is 0 Å². The molecule has 1 heterocycles. The molecule has 0 bridgehead atoms. The topological polar surface area (TPSA) is 110 Å². The summed E-state index contributed by atoms with van der Waals surface area (Å²) in [7, 11) is -3.90. The molecule has 0 aliphatic carbocycles. The van der Waals surface area contributed by atoms with E-state index < -0.39 is 44.8 Å². The van der Waals surface area contributed by atoms with E-state index >= 15 is 0 Å². The molecule has 0 spiro atoms. The van der Waals surface area contributed by atoms with Gasteiger partial charge in [0.2, 0.25) is 15.8 Å². The summed E-state index contributed by atoms with van der Waals surface area (Å²) in [4.78, 5) is 23.7. The highest BCUT2D eigenvalue weighted by molar-refractivity contribution is 7.89. The Labute approximate surface area is 170 Å². The first kappa shape index (κ1) is 21.6. The molecule has 0 unspecified atom stereocenters. The minimum Gasteiger partial charge on any atom is -0.477 e. The number of piperazine rings is 1. The standard InChI is InChI=1S/C18H17F2N3O6S/c19-13-2-1-3-15(10-13)30(27,28)22-8-6-21(7-9-22)18(24)12-29-17-11-14(20)4-5-16(17)23(25)26/h1-5,10-11H,6-9,12H2. The molecule has 1 saturated heterocycles. The minimum absolute atomic E-state index is 0.00923. The van der Waals surface area contributed by atoms with Crippen molar-refractivity contribution in [2.45, 2.75) is 4.90 Å². The second-order valence-corrected chi connectivity index (χ2v) is 8.34. The normalized spacial score (nSPS) is 15.1. The Bertz CT molecular complexity index is 1070. The number of nitrogens with zero attached hydrogens (tertiary/aromatic N) is 3. The molecule has 1 aliphatic rings. The molecule has 3 rings (SSSR count). The Balaban J connectivity index is 1.60. The number of carbonyl (C=O) groups excluding carboxylic acids is 1. The van der Waals surface area contributed by atoms with Crippen molar-refractivity contribution in [2.75, 3.05) is 32.8 Å². The number of halogens is 2. The maximum atomic E-state index is 13.3. The first-order chi connectivity index (χ1) is 14.2. The molecule has 0 N–H and O–H groups in total. The van der Waals surface area contributed by atoms with Gasteiger partial charge in [0.05, 0.1) is 9.82 Å². The summed E-state index contributed by atoms with van der Waals surface area (Å²) < 4.78 is 58.1. The summed E-state index contributed by atoms with van der Waals surface area (Å²) in [6.45, 7) is -0.472. The average molecular weight is 441 g/mol. The van der Waals surface area contributed by atoms with E-state index in [0.717, 1.165) is 34.6 Å². The molecule has 30 heavy (non-hydrogen) atoms. The lowest BCUT2D eigenvalue weighted by molar-refractivity contribution is -0.385. The maximum Gasteiger partial charge on any atom is 0.311 e. The van der Waals surface area contributed by atoms with Crippen LogP contribution >= 0.6 is 0 Å². The zero-order valence-electron chi connectivity index (χ0n) is 15.5. The van der Waals surface area contributed by atoms with Crippen LogP contribution in [0.5, 0.6) is 5.75 Å². The van der Waals surface area contributed by atoms with E-state index in [-0.39, 0.29) is 36.8 Å². The van der Waals surface area contributed by atoms with E-state index in [1.807, 2.05) is 0 Å². The molecule has 1 aliphatic heterocycles. The van der Waals surface area contributed by atoms with Gasteiger partial charge in [-0.05, 0) is 24.3 Å². The van der Waals surface area contributed by atoms with Gasteiger partial charge < -0.3 is 9.64 Å². The predicted molar refractivity (Wildman–Crippen MR) is 100 cm³/mol. The van der Waals surface area contributed by atoms with E-state index in [4.69, 9.17) is 4.74 Å². The summed E-state index contributed by atoms with van der Waals surface area (Å²) in [5.41, 5.74) is -0.477. The SMILES string of the molecule is O=C(COc1cc(F)ccc1[N+](=O)[O-])N1CCN(S(=O)(=O)c2cccc(F)c2)CC1. The third-order valence-corrected chi connectivity index (χ3v) is 6.39. The molecule has 0 saturated carbocycles. The van der Waals surface area contributed by atoms with Crippen molar-refractivity contribution in [2.24, 2.45) is 0 Å². The number of carbonyl (C=O) groups is 1. The third kappa shape index (κ3) is 4.71. The lowest BCUT2D eigenvalue weighted by Crippen LogP contribution is -2.51. The van der Waals surface area contributed by atoms with Crippen LogP contribution in [0.2, 0.25) is 0 Å². The van der Waals surface area contributed by atoms with Crippen LogP contribution in [-0.4, -0.2) is 61.2 Å². The average Bonchev–Trinajstić information content (AvgIpc) is 2.72. The van der Waals surface area contributed by atoms with Crippen molar-refractivity contribution in [1.82, 2.24) is 9.21 Å². The van der Waals surface area contributed by atoms with Gasteiger partial charge in [-0.1, -0.05) is 6.07 Å². The highest BCUT2D eigenvalue weighted by Crippen LogP contribution is 2.27.